The molecule has 0 saturated carbocycles. The number of amides is 1. The molecule has 2 aliphatic rings. The molecule has 1 amide bonds. The van der Waals surface area contributed by atoms with Crippen LogP contribution in [0.5, 0.6) is 11.8 Å². The predicted octanol–water partition coefficient (Wildman–Crippen LogP) is 1.18. The van der Waals surface area contributed by atoms with Crippen molar-refractivity contribution in [2.75, 3.05) is 32.1 Å². The van der Waals surface area contributed by atoms with Gasteiger partial charge in [-0.15, -0.1) is 0 Å². The van der Waals surface area contributed by atoms with Gasteiger partial charge < -0.3 is 19.7 Å². The van der Waals surface area contributed by atoms with E-state index in [0.29, 0.717) is 37.2 Å². The van der Waals surface area contributed by atoms with Gasteiger partial charge in [-0.1, -0.05) is 0 Å². The van der Waals surface area contributed by atoms with Crippen LogP contribution in [0.1, 0.15) is 29.8 Å². The van der Waals surface area contributed by atoms with Crippen LogP contribution in [0.2, 0.25) is 0 Å². The maximum Gasteiger partial charge on any atom is 0.274 e. The first kappa shape index (κ1) is 16.6. The number of fused-ring (bicyclic) bond motifs is 1. The quantitative estimate of drug-likeness (QED) is 0.877. The number of carbonyl (C=O) groups is 1. The molecule has 0 bridgehead atoms. The predicted molar refractivity (Wildman–Crippen MR) is 93.5 cm³/mol. The zero-order valence-corrected chi connectivity index (χ0v) is 14.7. The van der Waals surface area contributed by atoms with E-state index in [1.54, 1.807) is 23.9 Å². The lowest BCUT2D eigenvalue weighted by atomic mass is 10.0. The third-order valence-electron chi connectivity index (χ3n) is 4.71. The first-order chi connectivity index (χ1) is 12.7. The number of nitrogens with one attached hydrogen (secondary N) is 1. The summed E-state index contributed by atoms with van der Waals surface area (Å²) in [5.41, 5.74) is 0.467. The largest absolute Gasteiger partial charge is 0.481 e. The number of rotatable bonds is 4. The Morgan fingerprint density at radius 2 is 2.12 bits per heavy atom. The average molecular weight is 358 g/mol. The second-order valence-electron chi connectivity index (χ2n) is 6.45. The summed E-state index contributed by atoms with van der Waals surface area (Å²) >= 11 is 0. The maximum absolute atomic E-state index is 12.7. The van der Waals surface area contributed by atoms with Gasteiger partial charge in [0.25, 0.3) is 5.91 Å². The number of carbonyl (C=O) groups excluding carboxylic acids is 1. The van der Waals surface area contributed by atoms with Crippen molar-refractivity contribution in [3.8, 4) is 11.8 Å². The zero-order chi connectivity index (χ0) is 17.9. The molecule has 0 spiro atoms. The Bertz CT molecular complexity index is 761. The standard InChI is InChI=1S/C17H22N6O3/c1-25-15-10-14(18-11-19-15)20-12-3-6-22(7-4-12)17(24)13-9-16-23(21-13)5-2-8-26-16/h9-12H,2-8H2,1H3,(H,18,19,20). The number of piperidine rings is 1. The van der Waals surface area contributed by atoms with Crippen LogP contribution in [0.4, 0.5) is 5.82 Å². The molecule has 4 rings (SSSR count). The molecule has 0 aliphatic carbocycles. The van der Waals surface area contributed by atoms with E-state index in [1.165, 1.54) is 6.33 Å². The molecule has 2 aromatic rings. The van der Waals surface area contributed by atoms with Crippen molar-refractivity contribution in [2.45, 2.75) is 31.8 Å². The minimum Gasteiger partial charge on any atom is -0.481 e. The van der Waals surface area contributed by atoms with E-state index >= 15 is 0 Å². The van der Waals surface area contributed by atoms with E-state index in [1.807, 2.05) is 4.90 Å². The molecule has 1 fully saturated rings. The molecular formula is C17H22N6O3. The van der Waals surface area contributed by atoms with Crippen molar-refractivity contribution >= 4 is 11.7 Å². The molecular weight excluding hydrogens is 336 g/mol. The van der Waals surface area contributed by atoms with E-state index < -0.39 is 0 Å². The number of hydrogen-bond donors (Lipinski definition) is 1. The van der Waals surface area contributed by atoms with Gasteiger partial charge in [0.15, 0.2) is 5.69 Å². The van der Waals surface area contributed by atoms with Crippen LogP contribution in [-0.2, 0) is 6.54 Å². The molecule has 0 atom stereocenters. The second kappa shape index (κ2) is 7.19. The zero-order valence-electron chi connectivity index (χ0n) is 14.7. The molecule has 0 aromatic carbocycles. The van der Waals surface area contributed by atoms with Gasteiger partial charge in [-0.25, -0.2) is 14.6 Å². The molecule has 9 heteroatoms. The number of methoxy groups -OCH3 is 1. The van der Waals surface area contributed by atoms with Crippen LogP contribution in [-0.4, -0.2) is 63.4 Å². The van der Waals surface area contributed by atoms with E-state index in [4.69, 9.17) is 9.47 Å². The molecule has 2 aromatic heterocycles. The smallest absolute Gasteiger partial charge is 0.274 e. The number of nitrogens with zero attached hydrogens (tertiary/aromatic N) is 5. The van der Waals surface area contributed by atoms with Gasteiger partial charge in [-0.3, -0.25) is 4.79 Å². The SMILES string of the molecule is COc1cc(NC2CCN(C(=O)c3cc4n(n3)CCCO4)CC2)ncn1. The Balaban J connectivity index is 1.34. The van der Waals surface area contributed by atoms with Crippen molar-refractivity contribution in [3.05, 3.63) is 24.2 Å². The van der Waals surface area contributed by atoms with Gasteiger partial charge in [0.1, 0.15) is 12.1 Å². The minimum atomic E-state index is -0.0299. The molecule has 0 unspecified atom stereocenters. The van der Waals surface area contributed by atoms with Crippen LogP contribution in [0, 0.1) is 0 Å². The topological polar surface area (TPSA) is 94.4 Å². The summed E-state index contributed by atoms with van der Waals surface area (Å²) < 4.78 is 12.4. The van der Waals surface area contributed by atoms with Crippen molar-refractivity contribution in [2.24, 2.45) is 0 Å². The fourth-order valence-corrected chi connectivity index (χ4v) is 3.30. The highest BCUT2D eigenvalue weighted by atomic mass is 16.5. The first-order valence-electron chi connectivity index (χ1n) is 8.85. The number of aromatic nitrogens is 4. The maximum atomic E-state index is 12.7. The van der Waals surface area contributed by atoms with Gasteiger partial charge in [-0.2, -0.15) is 5.10 Å². The van der Waals surface area contributed by atoms with E-state index in [0.717, 1.165) is 31.6 Å². The molecule has 26 heavy (non-hydrogen) atoms. The van der Waals surface area contributed by atoms with Crippen molar-refractivity contribution in [3.63, 3.8) is 0 Å². The fraction of sp³-hybridized carbons (Fsp3) is 0.529. The van der Waals surface area contributed by atoms with Gasteiger partial charge in [0.05, 0.1) is 13.7 Å². The van der Waals surface area contributed by atoms with Crippen LogP contribution in [0.25, 0.3) is 0 Å². The Kier molecular flexibility index (Phi) is 4.59. The highest BCUT2D eigenvalue weighted by molar-refractivity contribution is 5.92. The Labute approximate surface area is 151 Å². The molecule has 2 aliphatic heterocycles. The van der Waals surface area contributed by atoms with E-state index in [-0.39, 0.29) is 11.9 Å². The van der Waals surface area contributed by atoms with Gasteiger partial charge in [0, 0.05) is 44.2 Å². The minimum absolute atomic E-state index is 0.0299. The lowest BCUT2D eigenvalue weighted by Gasteiger charge is -2.32. The summed E-state index contributed by atoms with van der Waals surface area (Å²) in [6.45, 7) is 2.85. The molecule has 138 valence electrons. The number of hydrogen-bond acceptors (Lipinski definition) is 7. The average Bonchev–Trinajstić information content (AvgIpc) is 3.12. The molecule has 0 radical (unpaired) electrons. The van der Waals surface area contributed by atoms with E-state index in [9.17, 15) is 4.79 Å². The summed E-state index contributed by atoms with van der Waals surface area (Å²) in [4.78, 5) is 22.8. The molecule has 4 heterocycles. The second-order valence-corrected chi connectivity index (χ2v) is 6.45. The fourth-order valence-electron chi connectivity index (χ4n) is 3.30. The number of aryl methyl sites for hydroxylation is 1. The summed E-state index contributed by atoms with van der Waals surface area (Å²) in [7, 11) is 1.58. The molecule has 1 saturated heterocycles. The normalized spacial score (nSPS) is 17.3. The van der Waals surface area contributed by atoms with E-state index in [2.05, 4.69) is 20.4 Å². The third-order valence-corrected chi connectivity index (χ3v) is 4.71. The van der Waals surface area contributed by atoms with Crippen molar-refractivity contribution < 1.29 is 14.3 Å². The summed E-state index contributed by atoms with van der Waals surface area (Å²) in [6.07, 6.45) is 4.10. The van der Waals surface area contributed by atoms with Crippen molar-refractivity contribution in [1.82, 2.24) is 24.6 Å². The van der Waals surface area contributed by atoms with Gasteiger partial charge in [-0.05, 0) is 12.8 Å². The monoisotopic (exact) mass is 358 g/mol. The lowest BCUT2D eigenvalue weighted by Crippen LogP contribution is -2.42. The highest BCUT2D eigenvalue weighted by Gasteiger charge is 2.27. The van der Waals surface area contributed by atoms with Gasteiger partial charge in [0.2, 0.25) is 11.8 Å². The third kappa shape index (κ3) is 3.42. The lowest BCUT2D eigenvalue weighted by molar-refractivity contribution is 0.0711. The Morgan fingerprint density at radius 3 is 2.88 bits per heavy atom. The number of anilines is 1. The molecule has 1 N–H and O–H groups in total. The van der Waals surface area contributed by atoms with Gasteiger partial charge >= 0.3 is 0 Å². The summed E-state index contributed by atoms with van der Waals surface area (Å²) in [6, 6.07) is 3.78. The van der Waals surface area contributed by atoms with Crippen LogP contribution >= 0.6 is 0 Å². The number of ether oxygens (including phenoxy) is 2. The Morgan fingerprint density at radius 1 is 1.27 bits per heavy atom. The van der Waals surface area contributed by atoms with Crippen LogP contribution in [0.15, 0.2) is 18.5 Å². The van der Waals surface area contributed by atoms with Crippen molar-refractivity contribution in [1.29, 1.82) is 0 Å². The molecule has 9 nitrogen and oxygen atoms in total. The highest BCUT2D eigenvalue weighted by Crippen LogP contribution is 2.22. The van der Waals surface area contributed by atoms with Crippen LogP contribution in [0.3, 0.4) is 0 Å². The first-order valence-corrected chi connectivity index (χ1v) is 8.85. The number of likely N-dealkylation sites (tertiary alicyclic amines) is 1. The summed E-state index contributed by atoms with van der Waals surface area (Å²) in [5.74, 6) is 1.92. The summed E-state index contributed by atoms with van der Waals surface area (Å²) in [5, 5.41) is 7.77. The van der Waals surface area contributed by atoms with Crippen LogP contribution < -0.4 is 14.8 Å². The Hall–Kier alpha value is -2.84.